The van der Waals surface area contributed by atoms with Crippen molar-refractivity contribution in [2.45, 2.75) is 0 Å². The third-order valence-corrected chi connectivity index (χ3v) is 3.17. The van der Waals surface area contributed by atoms with E-state index in [4.69, 9.17) is 0 Å². The molecule has 0 radical (unpaired) electrons. The molecule has 0 saturated carbocycles. The SMILES string of the molecule is O=c1[nH]nc2sc3ccccc3n2c1=O. The van der Waals surface area contributed by atoms with Gasteiger partial charge in [0.15, 0.2) is 0 Å². The maximum absolute atomic E-state index is 11.6. The third-order valence-electron chi connectivity index (χ3n) is 2.15. The largest absolute Gasteiger partial charge is 0.330 e. The van der Waals surface area contributed by atoms with E-state index in [2.05, 4.69) is 10.2 Å². The first-order chi connectivity index (χ1) is 7.27. The molecule has 1 aromatic carbocycles. The highest BCUT2D eigenvalue weighted by Crippen LogP contribution is 2.21. The lowest BCUT2D eigenvalue weighted by Gasteiger charge is -1.90. The van der Waals surface area contributed by atoms with Gasteiger partial charge < -0.3 is 0 Å². The fourth-order valence-corrected chi connectivity index (χ4v) is 2.46. The molecular formula is C9H5N3O2S. The molecule has 0 unspecified atom stereocenters. The first kappa shape index (κ1) is 8.37. The minimum atomic E-state index is -0.698. The summed E-state index contributed by atoms with van der Waals surface area (Å²) in [7, 11) is 0. The Morgan fingerprint density at radius 2 is 2.07 bits per heavy atom. The van der Waals surface area contributed by atoms with Crippen LogP contribution in [0.1, 0.15) is 0 Å². The van der Waals surface area contributed by atoms with E-state index in [1.807, 2.05) is 18.2 Å². The van der Waals surface area contributed by atoms with Gasteiger partial charge in [0.25, 0.3) is 0 Å². The second-order valence-corrected chi connectivity index (χ2v) is 4.05. The van der Waals surface area contributed by atoms with Crippen LogP contribution in [0.2, 0.25) is 0 Å². The number of benzene rings is 1. The molecule has 0 spiro atoms. The molecule has 0 atom stereocenters. The molecule has 0 saturated heterocycles. The summed E-state index contributed by atoms with van der Waals surface area (Å²) < 4.78 is 2.26. The Hall–Kier alpha value is -1.95. The Bertz CT molecular complexity index is 768. The van der Waals surface area contributed by atoms with Gasteiger partial charge >= 0.3 is 11.1 Å². The summed E-state index contributed by atoms with van der Waals surface area (Å²) in [6.07, 6.45) is 0. The van der Waals surface area contributed by atoms with Crippen molar-refractivity contribution >= 4 is 26.5 Å². The lowest BCUT2D eigenvalue weighted by molar-refractivity contribution is 0.927. The van der Waals surface area contributed by atoms with Crippen molar-refractivity contribution < 1.29 is 0 Å². The molecule has 0 amide bonds. The summed E-state index contributed by atoms with van der Waals surface area (Å²) in [5.41, 5.74) is -0.561. The normalized spacial score (nSPS) is 11.2. The Kier molecular flexibility index (Phi) is 1.54. The molecule has 2 heterocycles. The number of thiazole rings is 1. The Labute approximate surface area is 86.6 Å². The van der Waals surface area contributed by atoms with E-state index in [-0.39, 0.29) is 0 Å². The van der Waals surface area contributed by atoms with E-state index in [1.165, 1.54) is 15.7 Å². The zero-order chi connectivity index (χ0) is 10.4. The van der Waals surface area contributed by atoms with Crippen LogP contribution < -0.4 is 11.1 Å². The topological polar surface area (TPSA) is 67.2 Å². The maximum Gasteiger partial charge on any atom is 0.330 e. The Morgan fingerprint density at radius 3 is 2.93 bits per heavy atom. The molecule has 0 bridgehead atoms. The zero-order valence-corrected chi connectivity index (χ0v) is 8.25. The van der Waals surface area contributed by atoms with Crippen molar-refractivity contribution in [3.05, 3.63) is 45.0 Å². The van der Waals surface area contributed by atoms with Gasteiger partial charge in [-0.25, -0.2) is 9.50 Å². The van der Waals surface area contributed by atoms with Crippen LogP contribution in [0, 0.1) is 0 Å². The maximum atomic E-state index is 11.6. The minimum Gasteiger partial charge on any atom is -0.262 e. The summed E-state index contributed by atoms with van der Waals surface area (Å²) in [4.78, 5) is 23.2. The van der Waals surface area contributed by atoms with Crippen LogP contribution in [-0.2, 0) is 0 Å². The van der Waals surface area contributed by atoms with Crippen LogP contribution in [0.4, 0.5) is 0 Å². The lowest BCUT2D eigenvalue weighted by atomic mass is 10.3. The molecule has 0 aliphatic rings. The van der Waals surface area contributed by atoms with Gasteiger partial charge in [-0.1, -0.05) is 23.5 Å². The van der Waals surface area contributed by atoms with Gasteiger partial charge in [-0.2, -0.15) is 0 Å². The van der Waals surface area contributed by atoms with Crippen LogP contribution in [0.3, 0.4) is 0 Å². The molecule has 0 aliphatic heterocycles. The number of hydrogen-bond donors (Lipinski definition) is 1. The van der Waals surface area contributed by atoms with Crippen molar-refractivity contribution in [2.24, 2.45) is 0 Å². The van der Waals surface area contributed by atoms with Gasteiger partial charge in [-0.05, 0) is 12.1 Å². The lowest BCUT2D eigenvalue weighted by Crippen LogP contribution is -2.33. The molecule has 5 nitrogen and oxygen atoms in total. The number of para-hydroxylation sites is 1. The van der Waals surface area contributed by atoms with Gasteiger partial charge in [0.1, 0.15) is 0 Å². The number of nitrogens with zero attached hydrogens (tertiary/aromatic N) is 2. The summed E-state index contributed by atoms with van der Waals surface area (Å²) in [6, 6.07) is 7.38. The number of nitrogens with one attached hydrogen (secondary N) is 1. The molecule has 0 aliphatic carbocycles. The molecule has 2 aromatic heterocycles. The average molecular weight is 219 g/mol. The van der Waals surface area contributed by atoms with Gasteiger partial charge in [0.2, 0.25) is 4.96 Å². The van der Waals surface area contributed by atoms with Gasteiger partial charge in [-0.15, -0.1) is 5.10 Å². The number of hydrogen-bond acceptors (Lipinski definition) is 4. The smallest absolute Gasteiger partial charge is 0.262 e. The summed E-state index contributed by atoms with van der Waals surface area (Å²) in [5.74, 6) is 0. The van der Waals surface area contributed by atoms with Crippen LogP contribution in [0.5, 0.6) is 0 Å². The summed E-state index contributed by atoms with van der Waals surface area (Å²) in [6.45, 7) is 0. The predicted octanol–water partition coefficient (Wildman–Crippen LogP) is 0.597. The minimum absolute atomic E-state index is 0.501. The van der Waals surface area contributed by atoms with Crippen molar-refractivity contribution in [3.63, 3.8) is 0 Å². The third kappa shape index (κ3) is 1.05. The summed E-state index contributed by atoms with van der Waals surface area (Å²) >= 11 is 1.37. The van der Waals surface area contributed by atoms with Crippen molar-refractivity contribution in [2.75, 3.05) is 0 Å². The van der Waals surface area contributed by atoms with Crippen LogP contribution in [-0.4, -0.2) is 14.6 Å². The molecule has 6 heteroatoms. The molecule has 0 fully saturated rings. The monoisotopic (exact) mass is 219 g/mol. The number of aromatic amines is 1. The quantitative estimate of drug-likeness (QED) is 0.563. The molecule has 3 rings (SSSR count). The first-order valence-corrected chi connectivity index (χ1v) is 5.08. The fourth-order valence-electron chi connectivity index (χ4n) is 1.49. The molecule has 74 valence electrons. The second-order valence-electron chi connectivity index (χ2n) is 3.05. The van der Waals surface area contributed by atoms with Gasteiger partial charge in [0.05, 0.1) is 10.2 Å². The number of fused-ring (bicyclic) bond motifs is 3. The van der Waals surface area contributed by atoms with Crippen LogP contribution >= 0.6 is 11.3 Å². The van der Waals surface area contributed by atoms with E-state index in [1.54, 1.807) is 6.07 Å². The number of aromatic nitrogens is 3. The number of rotatable bonds is 0. The second kappa shape index (κ2) is 2.77. The molecular weight excluding hydrogens is 214 g/mol. The molecule has 1 N–H and O–H groups in total. The average Bonchev–Trinajstić information content (AvgIpc) is 2.62. The van der Waals surface area contributed by atoms with E-state index in [0.29, 0.717) is 4.96 Å². The highest BCUT2D eigenvalue weighted by molar-refractivity contribution is 7.23. The molecule has 3 aromatic rings. The number of H-pyrrole nitrogens is 1. The van der Waals surface area contributed by atoms with Gasteiger partial charge in [0, 0.05) is 0 Å². The zero-order valence-electron chi connectivity index (χ0n) is 7.43. The first-order valence-electron chi connectivity index (χ1n) is 4.26. The standard InChI is InChI=1S/C9H5N3O2S/c13-7-8(14)12-5-3-1-2-4-6(5)15-9(12)11-10-7/h1-4H,(H,10,13). The Balaban J connectivity index is 2.76. The van der Waals surface area contributed by atoms with E-state index >= 15 is 0 Å². The van der Waals surface area contributed by atoms with Crippen LogP contribution in [0.25, 0.3) is 15.2 Å². The summed E-state index contributed by atoms with van der Waals surface area (Å²) in [5, 5.41) is 6.00. The predicted molar refractivity (Wildman–Crippen MR) is 57.5 cm³/mol. The fraction of sp³-hybridized carbons (Fsp3) is 0. The van der Waals surface area contributed by atoms with E-state index in [9.17, 15) is 9.59 Å². The van der Waals surface area contributed by atoms with Gasteiger partial charge in [-0.3, -0.25) is 9.59 Å². The highest BCUT2D eigenvalue weighted by atomic mass is 32.1. The van der Waals surface area contributed by atoms with Crippen molar-refractivity contribution in [1.29, 1.82) is 0 Å². The van der Waals surface area contributed by atoms with Crippen LogP contribution in [0.15, 0.2) is 33.9 Å². The van der Waals surface area contributed by atoms with Crippen molar-refractivity contribution in [3.8, 4) is 0 Å². The molecule has 15 heavy (non-hydrogen) atoms. The highest BCUT2D eigenvalue weighted by Gasteiger charge is 2.08. The van der Waals surface area contributed by atoms with Crippen molar-refractivity contribution in [1.82, 2.24) is 14.6 Å². The van der Waals surface area contributed by atoms with E-state index < -0.39 is 11.1 Å². The Morgan fingerprint density at radius 1 is 1.27 bits per heavy atom. The van der Waals surface area contributed by atoms with E-state index in [0.717, 1.165) is 10.2 Å².